The zero-order valence-electron chi connectivity index (χ0n) is 15.1. The number of methoxy groups -OCH3 is 1. The molecule has 7 nitrogen and oxygen atoms in total. The summed E-state index contributed by atoms with van der Waals surface area (Å²) in [7, 11) is 1.42. The van der Waals surface area contributed by atoms with Gasteiger partial charge in [0.05, 0.1) is 23.7 Å². The molecule has 138 valence electrons. The van der Waals surface area contributed by atoms with Crippen molar-refractivity contribution >= 4 is 17.3 Å². The molecule has 2 aromatic carbocycles. The normalized spacial score (nSPS) is 10.5. The molecule has 7 heteroatoms. The molecule has 1 N–H and O–H groups in total. The molecule has 1 amide bonds. The molecule has 0 aliphatic carbocycles. The molecule has 3 aromatic rings. The zero-order chi connectivity index (χ0) is 19.6. The lowest BCUT2D eigenvalue weighted by Crippen LogP contribution is -2.11. The zero-order valence-corrected chi connectivity index (χ0v) is 15.1. The number of non-ortho nitro benzene ring substituents is 1. The number of rotatable bonds is 5. The van der Waals surface area contributed by atoms with Crippen LogP contribution in [0.2, 0.25) is 0 Å². The summed E-state index contributed by atoms with van der Waals surface area (Å²) in [4.78, 5) is 22.9. The third-order valence-corrected chi connectivity index (χ3v) is 4.13. The number of nitro benzene ring substituents is 1. The van der Waals surface area contributed by atoms with Crippen molar-refractivity contribution in [3.05, 3.63) is 75.5 Å². The van der Waals surface area contributed by atoms with Crippen molar-refractivity contribution in [1.82, 2.24) is 0 Å². The van der Waals surface area contributed by atoms with Crippen LogP contribution in [0.4, 0.5) is 11.4 Å². The van der Waals surface area contributed by atoms with Crippen LogP contribution < -0.4 is 10.1 Å². The molecule has 3 rings (SSSR count). The minimum Gasteiger partial charge on any atom is -0.496 e. The third-order valence-electron chi connectivity index (χ3n) is 4.13. The number of nitrogens with zero attached hydrogens (tertiary/aromatic N) is 1. The predicted octanol–water partition coefficient (Wildman–Crippen LogP) is 4.73. The van der Waals surface area contributed by atoms with Crippen LogP contribution in [0.1, 0.15) is 21.7 Å². The lowest BCUT2D eigenvalue weighted by atomic mass is 10.1. The Hall–Kier alpha value is -3.61. The highest BCUT2D eigenvalue weighted by Gasteiger charge is 2.18. The maximum atomic E-state index is 12.5. The Balaban J connectivity index is 1.87. The first-order valence-electron chi connectivity index (χ1n) is 8.20. The van der Waals surface area contributed by atoms with Gasteiger partial charge in [-0.3, -0.25) is 14.9 Å². The Morgan fingerprint density at radius 1 is 1.11 bits per heavy atom. The fourth-order valence-electron chi connectivity index (χ4n) is 2.66. The summed E-state index contributed by atoms with van der Waals surface area (Å²) in [5, 5.41) is 13.7. The van der Waals surface area contributed by atoms with Gasteiger partial charge in [0, 0.05) is 11.8 Å². The van der Waals surface area contributed by atoms with Crippen molar-refractivity contribution in [2.75, 3.05) is 12.4 Å². The SMILES string of the molecule is COc1cc([N+](=O)[O-])ccc1-c1ccc(C(=O)Nc2cc(C)ccc2C)o1. The van der Waals surface area contributed by atoms with E-state index in [4.69, 9.17) is 9.15 Å². The minimum atomic E-state index is -0.502. The standard InChI is InChI=1S/C20H18N2O5/c1-12-4-5-13(2)16(10-12)21-20(23)18-9-8-17(27-18)15-7-6-14(22(24)25)11-19(15)26-3/h4-11H,1-3H3,(H,21,23). The third kappa shape index (κ3) is 3.82. The number of carbonyl (C=O) groups excluding carboxylic acids is 1. The number of nitrogens with one attached hydrogen (secondary N) is 1. The fourth-order valence-corrected chi connectivity index (χ4v) is 2.66. The number of hydrogen-bond donors (Lipinski definition) is 1. The van der Waals surface area contributed by atoms with Crippen LogP contribution in [0.5, 0.6) is 5.75 Å². The molecular weight excluding hydrogens is 348 g/mol. The van der Waals surface area contributed by atoms with E-state index >= 15 is 0 Å². The first-order chi connectivity index (χ1) is 12.9. The molecule has 0 fully saturated rings. The number of anilines is 1. The Kier molecular flexibility index (Phi) is 4.94. The van der Waals surface area contributed by atoms with E-state index in [0.717, 1.165) is 11.1 Å². The summed E-state index contributed by atoms with van der Waals surface area (Å²) in [6.45, 7) is 3.85. The van der Waals surface area contributed by atoms with Crippen LogP contribution in [-0.2, 0) is 0 Å². The molecule has 0 atom stereocenters. The summed E-state index contributed by atoms with van der Waals surface area (Å²) in [5.74, 6) is 0.426. The Morgan fingerprint density at radius 2 is 1.89 bits per heavy atom. The molecule has 0 bridgehead atoms. The highest BCUT2D eigenvalue weighted by atomic mass is 16.6. The molecule has 0 spiro atoms. The fraction of sp³-hybridized carbons (Fsp3) is 0.150. The van der Waals surface area contributed by atoms with Gasteiger partial charge in [-0.2, -0.15) is 0 Å². The van der Waals surface area contributed by atoms with Crippen molar-refractivity contribution in [2.45, 2.75) is 13.8 Å². The Morgan fingerprint density at radius 3 is 2.59 bits per heavy atom. The summed E-state index contributed by atoms with van der Waals surface area (Å²) in [6.07, 6.45) is 0. The van der Waals surface area contributed by atoms with E-state index in [2.05, 4.69) is 5.32 Å². The topological polar surface area (TPSA) is 94.6 Å². The van der Waals surface area contributed by atoms with Gasteiger partial charge >= 0.3 is 0 Å². The number of amides is 1. The van der Waals surface area contributed by atoms with Crippen LogP contribution in [-0.4, -0.2) is 17.9 Å². The van der Waals surface area contributed by atoms with Crippen molar-refractivity contribution in [3.63, 3.8) is 0 Å². The maximum absolute atomic E-state index is 12.5. The van der Waals surface area contributed by atoms with Crippen LogP contribution in [0, 0.1) is 24.0 Å². The number of hydrogen-bond acceptors (Lipinski definition) is 5. The lowest BCUT2D eigenvalue weighted by molar-refractivity contribution is -0.384. The average Bonchev–Trinajstić information content (AvgIpc) is 3.14. The van der Waals surface area contributed by atoms with E-state index < -0.39 is 4.92 Å². The molecule has 0 radical (unpaired) electrons. The lowest BCUT2D eigenvalue weighted by Gasteiger charge is -2.08. The summed E-state index contributed by atoms with van der Waals surface area (Å²) in [5.41, 5.74) is 3.12. The average molecular weight is 366 g/mol. The van der Waals surface area contributed by atoms with Gasteiger partial charge in [0.15, 0.2) is 5.76 Å². The van der Waals surface area contributed by atoms with Crippen molar-refractivity contribution in [1.29, 1.82) is 0 Å². The van der Waals surface area contributed by atoms with Crippen LogP contribution >= 0.6 is 0 Å². The van der Waals surface area contributed by atoms with Gasteiger partial charge < -0.3 is 14.5 Å². The number of aryl methyl sites for hydroxylation is 2. The smallest absolute Gasteiger partial charge is 0.291 e. The summed E-state index contributed by atoms with van der Waals surface area (Å²) in [6, 6.07) is 13.2. The van der Waals surface area contributed by atoms with E-state index in [1.807, 2.05) is 32.0 Å². The number of carbonyl (C=O) groups is 1. The van der Waals surface area contributed by atoms with Gasteiger partial charge in [-0.1, -0.05) is 12.1 Å². The molecule has 0 saturated carbocycles. The number of nitro groups is 1. The number of ether oxygens (including phenoxy) is 1. The van der Waals surface area contributed by atoms with Gasteiger partial charge in [0.25, 0.3) is 11.6 Å². The first kappa shape index (κ1) is 18.2. The molecule has 0 saturated heterocycles. The second-order valence-electron chi connectivity index (χ2n) is 6.08. The van der Waals surface area contributed by atoms with Crippen molar-refractivity contribution in [2.24, 2.45) is 0 Å². The Bertz CT molecular complexity index is 1020. The second kappa shape index (κ2) is 7.33. The van der Waals surface area contributed by atoms with Gasteiger partial charge in [0.1, 0.15) is 11.5 Å². The van der Waals surface area contributed by atoms with Crippen molar-refractivity contribution in [3.8, 4) is 17.1 Å². The molecule has 27 heavy (non-hydrogen) atoms. The quantitative estimate of drug-likeness (QED) is 0.520. The van der Waals surface area contributed by atoms with E-state index in [1.165, 1.54) is 25.3 Å². The molecule has 0 aliphatic heterocycles. The van der Waals surface area contributed by atoms with Gasteiger partial charge in [0.2, 0.25) is 0 Å². The molecule has 0 aliphatic rings. The number of furan rings is 1. The number of benzene rings is 2. The Labute approximate surface area is 155 Å². The summed E-state index contributed by atoms with van der Waals surface area (Å²) < 4.78 is 10.9. The minimum absolute atomic E-state index is 0.0879. The first-order valence-corrected chi connectivity index (χ1v) is 8.20. The molecule has 0 unspecified atom stereocenters. The molecular formula is C20H18N2O5. The van der Waals surface area contributed by atoms with Crippen molar-refractivity contribution < 1.29 is 18.9 Å². The van der Waals surface area contributed by atoms with Crippen LogP contribution in [0.25, 0.3) is 11.3 Å². The molecule has 1 heterocycles. The van der Waals surface area contributed by atoms with E-state index in [1.54, 1.807) is 12.1 Å². The van der Waals surface area contributed by atoms with Crippen LogP contribution in [0.3, 0.4) is 0 Å². The van der Waals surface area contributed by atoms with E-state index in [-0.39, 0.29) is 17.4 Å². The highest BCUT2D eigenvalue weighted by Crippen LogP contribution is 2.34. The van der Waals surface area contributed by atoms with Crippen LogP contribution in [0.15, 0.2) is 52.9 Å². The van der Waals surface area contributed by atoms with E-state index in [0.29, 0.717) is 22.8 Å². The molecule has 1 aromatic heterocycles. The second-order valence-corrected chi connectivity index (χ2v) is 6.08. The summed E-state index contributed by atoms with van der Waals surface area (Å²) >= 11 is 0. The van der Waals surface area contributed by atoms with Gasteiger partial charge in [-0.25, -0.2) is 0 Å². The van der Waals surface area contributed by atoms with Gasteiger partial charge in [-0.15, -0.1) is 0 Å². The predicted molar refractivity (Wildman–Crippen MR) is 101 cm³/mol. The maximum Gasteiger partial charge on any atom is 0.291 e. The van der Waals surface area contributed by atoms with Gasteiger partial charge in [-0.05, 0) is 49.2 Å². The highest BCUT2D eigenvalue weighted by molar-refractivity contribution is 6.03. The largest absolute Gasteiger partial charge is 0.496 e. The van der Waals surface area contributed by atoms with E-state index in [9.17, 15) is 14.9 Å². The monoisotopic (exact) mass is 366 g/mol.